The Morgan fingerprint density at radius 2 is 2.21 bits per heavy atom. The largest absolute Gasteiger partial charge is 0.457 e. The van der Waals surface area contributed by atoms with Gasteiger partial charge in [0.15, 0.2) is 5.58 Å². The number of rotatable bonds is 0. The lowest BCUT2D eigenvalue weighted by Gasteiger charge is -1.91. The van der Waals surface area contributed by atoms with E-state index in [1.807, 2.05) is 41.9 Å². The highest BCUT2D eigenvalue weighted by molar-refractivity contribution is 6.00. The highest BCUT2D eigenvalue weighted by Crippen LogP contribution is 2.31. The van der Waals surface area contributed by atoms with Gasteiger partial charge in [-0.2, -0.15) is 0 Å². The Balaban J connectivity index is 2.60. The average Bonchev–Trinajstić information content (AvgIpc) is 2.67. The molecule has 0 bridgehead atoms. The van der Waals surface area contributed by atoms with Gasteiger partial charge in [-0.3, -0.25) is 0 Å². The van der Waals surface area contributed by atoms with Crippen molar-refractivity contribution in [2.75, 3.05) is 5.73 Å². The average molecular weight is 186 g/mol. The highest BCUT2D eigenvalue weighted by atomic mass is 16.3. The van der Waals surface area contributed by atoms with Crippen LogP contribution in [-0.2, 0) is 0 Å². The second kappa shape index (κ2) is 2.32. The van der Waals surface area contributed by atoms with E-state index >= 15 is 0 Å². The maximum absolute atomic E-state index is 5.90. The molecule has 0 amide bonds. The number of hydrogen-bond acceptors (Lipinski definition) is 2. The fourth-order valence-electron chi connectivity index (χ4n) is 1.79. The quantitative estimate of drug-likeness (QED) is 0.586. The van der Waals surface area contributed by atoms with E-state index in [9.17, 15) is 0 Å². The fourth-order valence-corrected chi connectivity index (χ4v) is 1.79. The van der Waals surface area contributed by atoms with Crippen LogP contribution in [0.25, 0.3) is 16.5 Å². The molecular weight excluding hydrogens is 176 g/mol. The molecule has 0 aliphatic rings. The van der Waals surface area contributed by atoms with Crippen LogP contribution in [0.5, 0.6) is 0 Å². The Hall–Kier alpha value is -1.90. The van der Waals surface area contributed by atoms with Gasteiger partial charge in [0.05, 0.1) is 16.6 Å². The highest BCUT2D eigenvalue weighted by Gasteiger charge is 2.12. The summed E-state index contributed by atoms with van der Waals surface area (Å²) in [5, 5.41) is 0.994. The summed E-state index contributed by atoms with van der Waals surface area (Å²) in [6, 6.07) is 5.99. The maximum Gasteiger partial charge on any atom is 0.161 e. The summed E-state index contributed by atoms with van der Waals surface area (Å²) in [5.41, 5.74) is 8.57. The number of hydrogen-bond donors (Lipinski definition) is 1. The Morgan fingerprint density at radius 3 is 3.07 bits per heavy atom. The predicted molar refractivity (Wildman–Crippen MR) is 56.3 cm³/mol. The van der Waals surface area contributed by atoms with Crippen molar-refractivity contribution < 1.29 is 4.42 Å². The molecule has 3 nitrogen and oxygen atoms in total. The Bertz CT molecular complexity index is 619. The first-order chi connectivity index (χ1) is 6.77. The molecule has 0 spiro atoms. The van der Waals surface area contributed by atoms with Gasteiger partial charge >= 0.3 is 0 Å². The fraction of sp³-hybridized carbons (Fsp3) is 0.0909. The number of fused-ring (bicyclic) bond motifs is 3. The molecule has 0 fully saturated rings. The first-order valence-electron chi connectivity index (χ1n) is 4.51. The van der Waals surface area contributed by atoms with Crippen LogP contribution in [0.2, 0.25) is 0 Å². The van der Waals surface area contributed by atoms with Crippen LogP contribution in [-0.4, -0.2) is 4.40 Å². The normalized spacial score (nSPS) is 11.5. The van der Waals surface area contributed by atoms with Crippen LogP contribution in [0.15, 0.2) is 35.0 Å². The maximum atomic E-state index is 5.90. The minimum absolute atomic E-state index is 0.740. The molecule has 14 heavy (non-hydrogen) atoms. The Morgan fingerprint density at radius 1 is 1.36 bits per heavy atom. The summed E-state index contributed by atoms with van der Waals surface area (Å²) in [5.74, 6) is 0.793. The van der Waals surface area contributed by atoms with Crippen LogP contribution >= 0.6 is 0 Å². The number of aromatic nitrogens is 1. The summed E-state index contributed by atoms with van der Waals surface area (Å²) >= 11 is 0. The zero-order valence-corrected chi connectivity index (χ0v) is 7.82. The molecule has 70 valence electrons. The molecule has 3 aromatic heterocycles. The summed E-state index contributed by atoms with van der Waals surface area (Å²) in [6.07, 6.45) is 3.98. The molecule has 0 aliphatic heterocycles. The molecular formula is C11H10N2O. The van der Waals surface area contributed by atoms with Crippen molar-refractivity contribution in [3.05, 3.63) is 36.4 Å². The number of furan rings is 1. The van der Waals surface area contributed by atoms with Crippen LogP contribution in [0.4, 0.5) is 5.69 Å². The van der Waals surface area contributed by atoms with Gasteiger partial charge in [-0.15, -0.1) is 0 Å². The molecule has 3 aromatic rings. The number of nitrogens with zero attached hydrogens (tertiary/aromatic N) is 1. The van der Waals surface area contributed by atoms with E-state index < -0.39 is 0 Å². The Kier molecular flexibility index (Phi) is 1.24. The van der Waals surface area contributed by atoms with Gasteiger partial charge in [-0.1, -0.05) is 6.07 Å². The van der Waals surface area contributed by atoms with Crippen molar-refractivity contribution in [1.29, 1.82) is 0 Å². The molecule has 2 N–H and O–H groups in total. The minimum Gasteiger partial charge on any atom is -0.457 e. The molecule has 3 heterocycles. The summed E-state index contributed by atoms with van der Waals surface area (Å²) in [6.45, 7) is 1.88. The topological polar surface area (TPSA) is 43.6 Å². The van der Waals surface area contributed by atoms with Gasteiger partial charge in [0.25, 0.3) is 0 Å². The van der Waals surface area contributed by atoms with E-state index in [1.165, 1.54) is 0 Å². The van der Waals surface area contributed by atoms with Crippen LogP contribution in [0.3, 0.4) is 0 Å². The monoisotopic (exact) mass is 186 g/mol. The summed E-state index contributed by atoms with van der Waals surface area (Å²) < 4.78 is 7.62. The van der Waals surface area contributed by atoms with E-state index in [0.717, 1.165) is 27.9 Å². The number of pyridine rings is 1. The standard InChI is InChI=1S/C11H10N2O/c1-7-10(12)8-6-13-5-3-2-4-9(13)11(8)14-7/h2-6H,12H2,1H3. The molecule has 0 atom stereocenters. The molecule has 3 rings (SSSR count). The molecule has 0 aliphatic carbocycles. The molecule has 0 saturated heterocycles. The molecule has 0 aromatic carbocycles. The summed E-state index contributed by atoms with van der Waals surface area (Å²) in [7, 11) is 0. The van der Waals surface area contributed by atoms with Gasteiger partial charge in [0.1, 0.15) is 5.76 Å². The predicted octanol–water partition coefficient (Wildman–Crippen LogP) is 2.58. The SMILES string of the molecule is Cc1oc2c(cn3ccccc23)c1N. The van der Waals surface area contributed by atoms with Gasteiger partial charge in [-0.05, 0) is 19.1 Å². The van der Waals surface area contributed by atoms with Crippen molar-refractivity contribution >= 4 is 22.2 Å². The van der Waals surface area contributed by atoms with Crippen LogP contribution in [0.1, 0.15) is 5.76 Å². The number of nitrogen functional groups attached to an aromatic ring is 1. The van der Waals surface area contributed by atoms with E-state index in [2.05, 4.69) is 0 Å². The van der Waals surface area contributed by atoms with Crippen LogP contribution in [0, 0.1) is 6.92 Å². The zero-order valence-electron chi connectivity index (χ0n) is 7.82. The van der Waals surface area contributed by atoms with Gasteiger partial charge in [0, 0.05) is 12.4 Å². The molecule has 0 radical (unpaired) electrons. The lowest BCUT2D eigenvalue weighted by atomic mass is 10.3. The molecule has 0 saturated carbocycles. The number of anilines is 1. The van der Waals surface area contributed by atoms with Gasteiger partial charge in [-0.25, -0.2) is 0 Å². The molecule has 0 unspecified atom stereocenters. The number of aryl methyl sites for hydroxylation is 1. The second-order valence-electron chi connectivity index (χ2n) is 3.44. The smallest absolute Gasteiger partial charge is 0.161 e. The van der Waals surface area contributed by atoms with E-state index in [-0.39, 0.29) is 0 Å². The second-order valence-corrected chi connectivity index (χ2v) is 3.44. The van der Waals surface area contributed by atoms with Crippen molar-refractivity contribution in [3.63, 3.8) is 0 Å². The van der Waals surface area contributed by atoms with Crippen molar-refractivity contribution in [3.8, 4) is 0 Å². The van der Waals surface area contributed by atoms with Crippen molar-refractivity contribution in [2.45, 2.75) is 6.92 Å². The first kappa shape index (κ1) is 7.50. The third kappa shape index (κ3) is 0.763. The third-order valence-corrected chi connectivity index (χ3v) is 2.56. The van der Waals surface area contributed by atoms with Gasteiger partial charge < -0.3 is 14.6 Å². The van der Waals surface area contributed by atoms with E-state index in [1.54, 1.807) is 0 Å². The Labute approximate surface area is 80.7 Å². The summed E-state index contributed by atoms with van der Waals surface area (Å²) in [4.78, 5) is 0. The van der Waals surface area contributed by atoms with Gasteiger partial charge in [0.2, 0.25) is 0 Å². The van der Waals surface area contributed by atoms with E-state index in [4.69, 9.17) is 10.2 Å². The first-order valence-corrected chi connectivity index (χ1v) is 4.51. The van der Waals surface area contributed by atoms with Crippen molar-refractivity contribution in [2.24, 2.45) is 0 Å². The van der Waals surface area contributed by atoms with Crippen LogP contribution < -0.4 is 5.73 Å². The lowest BCUT2D eigenvalue weighted by molar-refractivity contribution is 0.583. The third-order valence-electron chi connectivity index (χ3n) is 2.56. The minimum atomic E-state index is 0.740. The lowest BCUT2D eigenvalue weighted by Crippen LogP contribution is -1.83. The van der Waals surface area contributed by atoms with Crippen molar-refractivity contribution in [1.82, 2.24) is 4.40 Å². The molecule has 3 heteroatoms. The van der Waals surface area contributed by atoms with E-state index in [0.29, 0.717) is 0 Å². The zero-order chi connectivity index (χ0) is 9.71. The number of nitrogens with two attached hydrogens (primary N) is 1.